The Labute approximate surface area is 154 Å². The van der Waals surface area contributed by atoms with Crippen molar-refractivity contribution in [3.8, 4) is 11.5 Å². The van der Waals surface area contributed by atoms with Crippen LogP contribution in [0.15, 0.2) is 18.2 Å². The summed E-state index contributed by atoms with van der Waals surface area (Å²) in [5, 5.41) is 0. The third-order valence-electron chi connectivity index (χ3n) is 5.01. The number of carbonyl (C=O) groups excluding carboxylic acids is 2. The van der Waals surface area contributed by atoms with Crippen molar-refractivity contribution in [3.63, 3.8) is 0 Å². The Balaban J connectivity index is 1.73. The average Bonchev–Trinajstić information content (AvgIpc) is 3.28. The van der Waals surface area contributed by atoms with Crippen molar-refractivity contribution in [2.45, 2.75) is 32.7 Å². The minimum atomic E-state index is -0.425. The summed E-state index contributed by atoms with van der Waals surface area (Å²) in [5.41, 5.74) is 6.14. The normalized spacial score (nSPS) is 18.9. The van der Waals surface area contributed by atoms with E-state index in [4.69, 9.17) is 15.2 Å². The van der Waals surface area contributed by atoms with Crippen molar-refractivity contribution < 1.29 is 19.1 Å². The van der Waals surface area contributed by atoms with Crippen molar-refractivity contribution in [3.05, 3.63) is 23.8 Å². The van der Waals surface area contributed by atoms with Gasteiger partial charge in [-0.3, -0.25) is 9.59 Å². The molecule has 2 heterocycles. The molecule has 1 unspecified atom stereocenters. The van der Waals surface area contributed by atoms with E-state index in [0.29, 0.717) is 43.1 Å². The number of amides is 2. The van der Waals surface area contributed by atoms with Crippen LogP contribution in [0, 0.1) is 5.41 Å². The van der Waals surface area contributed by atoms with Crippen LogP contribution in [0.2, 0.25) is 0 Å². The highest BCUT2D eigenvalue weighted by atomic mass is 16.7. The topological polar surface area (TPSA) is 85.1 Å². The molecule has 1 saturated heterocycles. The second-order valence-electron chi connectivity index (χ2n) is 7.79. The van der Waals surface area contributed by atoms with Crippen molar-refractivity contribution in [2.75, 3.05) is 33.5 Å². The molecule has 1 fully saturated rings. The van der Waals surface area contributed by atoms with Crippen molar-refractivity contribution in [1.29, 1.82) is 0 Å². The maximum atomic E-state index is 13.0. The van der Waals surface area contributed by atoms with E-state index in [1.807, 2.05) is 13.8 Å². The molecule has 1 aromatic rings. The number of nitrogens with two attached hydrogens (primary N) is 1. The van der Waals surface area contributed by atoms with E-state index in [-0.39, 0.29) is 24.0 Å². The molecular weight excluding hydrogens is 334 g/mol. The lowest BCUT2D eigenvalue weighted by molar-refractivity contribution is -0.135. The van der Waals surface area contributed by atoms with E-state index in [1.54, 1.807) is 35.0 Å². The largest absolute Gasteiger partial charge is 0.454 e. The summed E-state index contributed by atoms with van der Waals surface area (Å²) >= 11 is 0. The summed E-state index contributed by atoms with van der Waals surface area (Å²) in [7, 11) is 1.78. The fraction of sp³-hybridized carbons (Fsp3) is 0.579. The van der Waals surface area contributed by atoms with Crippen LogP contribution in [0.1, 0.15) is 37.0 Å². The summed E-state index contributed by atoms with van der Waals surface area (Å²) in [6, 6.07) is 4.72. The molecule has 0 aliphatic carbocycles. The van der Waals surface area contributed by atoms with Crippen molar-refractivity contribution >= 4 is 11.8 Å². The zero-order valence-corrected chi connectivity index (χ0v) is 15.7. The molecule has 0 radical (unpaired) electrons. The zero-order valence-electron chi connectivity index (χ0n) is 15.7. The van der Waals surface area contributed by atoms with E-state index >= 15 is 0 Å². The highest BCUT2D eigenvalue weighted by Crippen LogP contribution is 2.33. The predicted octanol–water partition coefficient (Wildman–Crippen LogP) is 1.46. The van der Waals surface area contributed by atoms with Gasteiger partial charge in [-0.05, 0) is 43.0 Å². The summed E-state index contributed by atoms with van der Waals surface area (Å²) in [5.74, 6) is 1.03. The third-order valence-corrected chi connectivity index (χ3v) is 5.01. The predicted molar refractivity (Wildman–Crippen MR) is 97.1 cm³/mol. The molecule has 26 heavy (non-hydrogen) atoms. The van der Waals surface area contributed by atoms with Crippen LogP contribution in [0.5, 0.6) is 11.5 Å². The van der Waals surface area contributed by atoms with Gasteiger partial charge in [0.05, 0.1) is 0 Å². The number of likely N-dealkylation sites (N-methyl/N-ethyl adjacent to an activating group) is 1. The highest BCUT2D eigenvalue weighted by Gasteiger charge is 2.37. The van der Waals surface area contributed by atoms with E-state index < -0.39 is 6.04 Å². The van der Waals surface area contributed by atoms with E-state index in [1.165, 1.54) is 0 Å². The number of benzene rings is 1. The minimum Gasteiger partial charge on any atom is -0.454 e. The van der Waals surface area contributed by atoms with Crippen LogP contribution < -0.4 is 15.2 Å². The Hall–Kier alpha value is -2.28. The minimum absolute atomic E-state index is 0.0295. The quantitative estimate of drug-likeness (QED) is 0.858. The molecule has 0 saturated carbocycles. The lowest BCUT2D eigenvalue weighted by Crippen LogP contribution is -2.49. The molecule has 7 nitrogen and oxygen atoms in total. The summed E-state index contributed by atoms with van der Waals surface area (Å²) < 4.78 is 10.6. The Kier molecular flexibility index (Phi) is 5.09. The van der Waals surface area contributed by atoms with Gasteiger partial charge in [-0.1, -0.05) is 13.8 Å². The smallest absolute Gasteiger partial charge is 0.254 e. The Morgan fingerprint density at radius 1 is 1.31 bits per heavy atom. The van der Waals surface area contributed by atoms with Crippen LogP contribution in [-0.2, 0) is 4.79 Å². The summed E-state index contributed by atoms with van der Waals surface area (Å²) in [4.78, 5) is 29.3. The number of hydrogen-bond acceptors (Lipinski definition) is 5. The van der Waals surface area contributed by atoms with Crippen LogP contribution >= 0.6 is 0 Å². The molecule has 0 bridgehead atoms. The molecule has 0 spiro atoms. The number of ether oxygens (including phenoxy) is 2. The monoisotopic (exact) mass is 361 g/mol. The molecule has 3 rings (SSSR count). The van der Waals surface area contributed by atoms with E-state index in [9.17, 15) is 9.59 Å². The average molecular weight is 361 g/mol. The maximum absolute atomic E-state index is 13.0. The van der Waals surface area contributed by atoms with Gasteiger partial charge in [0.2, 0.25) is 12.7 Å². The van der Waals surface area contributed by atoms with Gasteiger partial charge in [0.15, 0.2) is 11.5 Å². The van der Waals surface area contributed by atoms with Crippen LogP contribution in [0.25, 0.3) is 0 Å². The summed E-state index contributed by atoms with van der Waals surface area (Å²) in [6.07, 6.45) is 1.50. The van der Waals surface area contributed by atoms with Gasteiger partial charge in [-0.25, -0.2) is 0 Å². The number of hydrogen-bond donors (Lipinski definition) is 1. The van der Waals surface area contributed by atoms with Gasteiger partial charge < -0.3 is 25.0 Å². The van der Waals surface area contributed by atoms with Gasteiger partial charge in [-0.15, -0.1) is 0 Å². The Morgan fingerprint density at radius 2 is 2.04 bits per heavy atom. The molecule has 2 aliphatic rings. The standard InChI is InChI=1S/C19H27N3O4/c1-19(2,10-20)11-21(3)18(24)14-5-4-8-22(14)17(23)13-6-7-15-16(9-13)26-12-25-15/h6-7,9,14H,4-5,8,10-12,20H2,1-3H3. The van der Waals surface area contributed by atoms with Gasteiger partial charge in [0, 0.05) is 25.7 Å². The van der Waals surface area contributed by atoms with E-state index in [2.05, 4.69) is 0 Å². The first-order valence-corrected chi connectivity index (χ1v) is 8.98. The van der Waals surface area contributed by atoms with Gasteiger partial charge in [-0.2, -0.15) is 0 Å². The lowest BCUT2D eigenvalue weighted by Gasteiger charge is -2.33. The Bertz CT molecular complexity index is 704. The molecule has 2 N–H and O–H groups in total. The Morgan fingerprint density at radius 3 is 2.77 bits per heavy atom. The fourth-order valence-corrected chi connectivity index (χ4v) is 3.50. The number of carbonyl (C=O) groups is 2. The molecule has 2 amide bonds. The van der Waals surface area contributed by atoms with Crippen LogP contribution in [0.4, 0.5) is 0 Å². The maximum Gasteiger partial charge on any atom is 0.254 e. The molecule has 7 heteroatoms. The molecule has 142 valence electrons. The summed E-state index contributed by atoms with van der Waals surface area (Å²) in [6.45, 7) is 5.86. The lowest BCUT2D eigenvalue weighted by atomic mass is 9.93. The SMILES string of the molecule is CN(CC(C)(C)CN)C(=O)C1CCCN1C(=O)c1ccc2c(c1)OCO2. The zero-order chi connectivity index (χ0) is 18.9. The second kappa shape index (κ2) is 7.15. The fourth-order valence-electron chi connectivity index (χ4n) is 3.50. The molecule has 2 aliphatic heterocycles. The van der Waals surface area contributed by atoms with Gasteiger partial charge in [0.25, 0.3) is 5.91 Å². The van der Waals surface area contributed by atoms with Crippen molar-refractivity contribution in [2.24, 2.45) is 11.1 Å². The molecule has 1 aromatic carbocycles. The molecular formula is C19H27N3O4. The first-order chi connectivity index (χ1) is 12.3. The van der Waals surface area contributed by atoms with Crippen LogP contribution in [0.3, 0.4) is 0 Å². The highest BCUT2D eigenvalue weighted by molar-refractivity contribution is 5.98. The molecule has 0 aromatic heterocycles. The third kappa shape index (κ3) is 3.62. The first-order valence-electron chi connectivity index (χ1n) is 8.98. The number of fused-ring (bicyclic) bond motifs is 1. The number of likely N-dealkylation sites (tertiary alicyclic amines) is 1. The molecule has 1 atom stereocenters. The van der Waals surface area contributed by atoms with Gasteiger partial charge >= 0.3 is 0 Å². The second-order valence-corrected chi connectivity index (χ2v) is 7.79. The first kappa shape index (κ1) is 18.5. The number of nitrogens with zero attached hydrogens (tertiary/aromatic N) is 2. The van der Waals surface area contributed by atoms with Crippen LogP contribution in [-0.4, -0.2) is 61.1 Å². The number of rotatable bonds is 5. The van der Waals surface area contributed by atoms with E-state index in [0.717, 1.165) is 6.42 Å². The van der Waals surface area contributed by atoms with Gasteiger partial charge in [0.1, 0.15) is 6.04 Å². The van der Waals surface area contributed by atoms with Crippen molar-refractivity contribution in [1.82, 2.24) is 9.80 Å².